The van der Waals surface area contributed by atoms with Gasteiger partial charge in [-0.15, -0.1) is 0 Å². The van der Waals surface area contributed by atoms with Crippen LogP contribution in [0.4, 0.5) is 0 Å². The minimum absolute atomic E-state index is 0.0970. The maximum absolute atomic E-state index is 12.0. The summed E-state index contributed by atoms with van der Waals surface area (Å²) < 4.78 is 11.1. The minimum atomic E-state index is -0.696. The van der Waals surface area contributed by atoms with Gasteiger partial charge in [0.1, 0.15) is 30.3 Å². The number of aliphatic hydroxyl groups excluding tert-OH is 1. The summed E-state index contributed by atoms with van der Waals surface area (Å²) in [4.78, 5) is 12.0. The van der Waals surface area contributed by atoms with Gasteiger partial charge in [0.05, 0.1) is 5.56 Å². The molecule has 0 bridgehead atoms. The highest BCUT2D eigenvalue weighted by atomic mass is 16.5. The second kappa shape index (κ2) is 5.59. The molecule has 1 aromatic carbocycles. The Morgan fingerprint density at radius 2 is 2.32 bits per heavy atom. The molecule has 19 heavy (non-hydrogen) atoms. The molecule has 0 saturated carbocycles. The molecule has 1 aromatic rings. The molecule has 0 fully saturated rings. The molecule has 1 aliphatic heterocycles. The lowest BCUT2D eigenvalue weighted by Crippen LogP contribution is -2.27. The predicted molar refractivity (Wildman–Crippen MR) is 70.8 cm³/mol. The average molecular weight is 265 g/mol. The molecule has 0 saturated heterocycles. The number of aryl methyl sites for hydroxylation is 1. The van der Waals surface area contributed by atoms with E-state index in [-0.39, 0.29) is 25.0 Å². The Morgan fingerprint density at radius 3 is 3.00 bits per heavy atom. The SMILES string of the molecule is Cc1cc(OCC(O)CN)cc2c1C(=O)CC(C)O2. The van der Waals surface area contributed by atoms with Crippen LogP contribution in [0, 0.1) is 6.92 Å². The van der Waals surface area contributed by atoms with E-state index in [2.05, 4.69) is 0 Å². The van der Waals surface area contributed by atoms with E-state index in [9.17, 15) is 9.90 Å². The number of hydrogen-bond donors (Lipinski definition) is 2. The van der Waals surface area contributed by atoms with Crippen LogP contribution in [0.5, 0.6) is 11.5 Å². The number of carbonyl (C=O) groups excluding carboxylic acids is 1. The van der Waals surface area contributed by atoms with Crippen molar-refractivity contribution in [2.24, 2.45) is 5.73 Å². The number of fused-ring (bicyclic) bond motifs is 1. The monoisotopic (exact) mass is 265 g/mol. The predicted octanol–water partition coefficient (Wildman–Crippen LogP) is 1.05. The normalized spacial score (nSPS) is 19.6. The van der Waals surface area contributed by atoms with Gasteiger partial charge in [0.2, 0.25) is 0 Å². The second-order valence-corrected chi connectivity index (χ2v) is 4.87. The van der Waals surface area contributed by atoms with Gasteiger partial charge in [0, 0.05) is 19.0 Å². The number of rotatable bonds is 4. The van der Waals surface area contributed by atoms with Crippen molar-refractivity contribution in [1.29, 1.82) is 0 Å². The Hall–Kier alpha value is -1.59. The summed E-state index contributed by atoms with van der Waals surface area (Å²) in [6.45, 7) is 3.98. The van der Waals surface area contributed by atoms with Crippen molar-refractivity contribution >= 4 is 5.78 Å². The zero-order valence-electron chi connectivity index (χ0n) is 11.2. The van der Waals surface area contributed by atoms with Crippen LogP contribution in [0.3, 0.4) is 0 Å². The molecule has 0 spiro atoms. The van der Waals surface area contributed by atoms with Gasteiger partial charge in [-0.25, -0.2) is 0 Å². The smallest absolute Gasteiger partial charge is 0.170 e. The van der Waals surface area contributed by atoms with Crippen LogP contribution in [-0.4, -0.2) is 36.2 Å². The summed E-state index contributed by atoms with van der Waals surface area (Å²) in [7, 11) is 0. The number of aliphatic hydroxyl groups is 1. The Kier molecular flexibility index (Phi) is 4.07. The second-order valence-electron chi connectivity index (χ2n) is 4.87. The molecule has 104 valence electrons. The van der Waals surface area contributed by atoms with Crippen molar-refractivity contribution in [2.75, 3.05) is 13.2 Å². The highest BCUT2D eigenvalue weighted by Crippen LogP contribution is 2.34. The molecule has 2 unspecified atom stereocenters. The largest absolute Gasteiger partial charge is 0.491 e. The highest BCUT2D eigenvalue weighted by molar-refractivity contribution is 6.01. The van der Waals surface area contributed by atoms with E-state index in [1.54, 1.807) is 12.1 Å². The van der Waals surface area contributed by atoms with Crippen LogP contribution in [0.15, 0.2) is 12.1 Å². The van der Waals surface area contributed by atoms with Gasteiger partial charge in [0.15, 0.2) is 5.78 Å². The van der Waals surface area contributed by atoms with Gasteiger partial charge in [-0.2, -0.15) is 0 Å². The first-order valence-corrected chi connectivity index (χ1v) is 6.36. The molecule has 2 rings (SSSR count). The molecule has 0 aliphatic carbocycles. The van der Waals surface area contributed by atoms with Gasteiger partial charge in [-0.3, -0.25) is 4.79 Å². The molecule has 3 N–H and O–H groups in total. The van der Waals surface area contributed by atoms with E-state index in [4.69, 9.17) is 15.2 Å². The zero-order valence-corrected chi connectivity index (χ0v) is 11.2. The standard InChI is InChI=1S/C14H19NO4/c1-8-3-11(18-7-10(16)6-15)5-13-14(8)12(17)4-9(2)19-13/h3,5,9-10,16H,4,6-7,15H2,1-2H3. The number of benzene rings is 1. The number of carbonyl (C=O) groups is 1. The Labute approximate surface area is 112 Å². The van der Waals surface area contributed by atoms with Gasteiger partial charge < -0.3 is 20.3 Å². The quantitative estimate of drug-likeness (QED) is 0.850. The molecule has 0 radical (unpaired) electrons. The lowest BCUT2D eigenvalue weighted by molar-refractivity contribution is 0.0866. The Bertz CT molecular complexity index is 487. The lowest BCUT2D eigenvalue weighted by Gasteiger charge is -2.24. The third-order valence-electron chi connectivity index (χ3n) is 3.07. The number of ether oxygens (including phenoxy) is 2. The summed E-state index contributed by atoms with van der Waals surface area (Å²) in [5.74, 6) is 1.23. The van der Waals surface area contributed by atoms with E-state index in [1.807, 2.05) is 13.8 Å². The summed E-state index contributed by atoms with van der Waals surface area (Å²) in [6, 6.07) is 3.47. The number of Topliss-reactive ketones (excluding diaryl/α,β-unsaturated/α-hetero) is 1. The molecule has 1 heterocycles. The highest BCUT2D eigenvalue weighted by Gasteiger charge is 2.26. The molecule has 5 heteroatoms. The van der Waals surface area contributed by atoms with E-state index in [1.165, 1.54) is 0 Å². The molecule has 0 aromatic heterocycles. The minimum Gasteiger partial charge on any atom is -0.491 e. The van der Waals surface area contributed by atoms with Crippen molar-refractivity contribution in [2.45, 2.75) is 32.5 Å². The van der Waals surface area contributed by atoms with Gasteiger partial charge in [0.25, 0.3) is 0 Å². The fraction of sp³-hybridized carbons (Fsp3) is 0.500. The summed E-state index contributed by atoms with van der Waals surface area (Å²) >= 11 is 0. The number of nitrogens with two attached hydrogens (primary N) is 1. The van der Waals surface area contributed by atoms with Crippen molar-refractivity contribution in [3.63, 3.8) is 0 Å². The molecule has 0 amide bonds. The number of hydrogen-bond acceptors (Lipinski definition) is 5. The average Bonchev–Trinajstić information content (AvgIpc) is 2.34. The molecular weight excluding hydrogens is 246 g/mol. The molecule has 2 atom stereocenters. The van der Waals surface area contributed by atoms with Crippen LogP contribution in [0.25, 0.3) is 0 Å². The third-order valence-corrected chi connectivity index (χ3v) is 3.07. The zero-order chi connectivity index (χ0) is 14.0. The van der Waals surface area contributed by atoms with Crippen LogP contribution in [-0.2, 0) is 0 Å². The van der Waals surface area contributed by atoms with Crippen LogP contribution in [0.2, 0.25) is 0 Å². The molecule has 5 nitrogen and oxygen atoms in total. The Morgan fingerprint density at radius 1 is 1.58 bits per heavy atom. The van der Waals surface area contributed by atoms with E-state index >= 15 is 0 Å². The lowest BCUT2D eigenvalue weighted by atomic mass is 9.97. The van der Waals surface area contributed by atoms with Gasteiger partial charge in [-0.1, -0.05) is 0 Å². The van der Waals surface area contributed by atoms with E-state index < -0.39 is 6.10 Å². The van der Waals surface area contributed by atoms with Gasteiger partial charge in [-0.05, 0) is 25.5 Å². The summed E-state index contributed by atoms with van der Waals surface area (Å²) in [6.07, 6.45) is -0.415. The van der Waals surface area contributed by atoms with E-state index in [0.29, 0.717) is 23.5 Å². The van der Waals surface area contributed by atoms with Crippen LogP contribution < -0.4 is 15.2 Å². The number of ketones is 1. The van der Waals surface area contributed by atoms with Gasteiger partial charge >= 0.3 is 0 Å². The third kappa shape index (κ3) is 3.05. The first-order chi connectivity index (χ1) is 9.01. The van der Waals surface area contributed by atoms with Crippen molar-refractivity contribution < 1.29 is 19.4 Å². The first kappa shape index (κ1) is 13.8. The summed E-state index contributed by atoms with van der Waals surface area (Å²) in [5.41, 5.74) is 6.77. The van der Waals surface area contributed by atoms with E-state index in [0.717, 1.165) is 5.56 Å². The van der Waals surface area contributed by atoms with Crippen LogP contribution >= 0.6 is 0 Å². The maximum Gasteiger partial charge on any atom is 0.170 e. The first-order valence-electron chi connectivity index (χ1n) is 6.36. The van der Waals surface area contributed by atoms with Crippen LogP contribution in [0.1, 0.15) is 29.3 Å². The maximum atomic E-state index is 12.0. The molecule has 1 aliphatic rings. The topological polar surface area (TPSA) is 81.8 Å². The van der Waals surface area contributed by atoms with Crippen molar-refractivity contribution in [3.8, 4) is 11.5 Å². The Balaban J connectivity index is 2.23. The van der Waals surface area contributed by atoms with Crippen molar-refractivity contribution in [3.05, 3.63) is 23.3 Å². The summed E-state index contributed by atoms with van der Waals surface area (Å²) in [5, 5.41) is 9.38. The van der Waals surface area contributed by atoms with Crippen molar-refractivity contribution in [1.82, 2.24) is 0 Å². The fourth-order valence-electron chi connectivity index (χ4n) is 2.14. The fourth-order valence-corrected chi connectivity index (χ4v) is 2.14. The molecular formula is C14H19NO4.